The quantitative estimate of drug-likeness (QED) is 0.867. The lowest BCUT2D eigenvalue weighted by Gasteiger charge is -2.17. The molecule has 0 radical (unpaired) electrons. The first-order valence-electron chi connectivity index (χ1n) is 6.77. The van der Waals surface area contributed by atoms with Crippen molar-refractivity contribution in [3.63, 3.8) is 0 Å². The fourth-order valence-corrected chi connectivity index (χ4v) is 2.55. The van der Waals surface area contributed by atoms with E-state index in [-0.39, 0.29) is 11.8 Å². The highest BCUT2D eigenvalue weighted by atomic mass is 32.1. The molecule has 6 nitrogen and oxygen atoms in total. The van der Waals surface area contributed by atoms with Crippen LogP contribution in [0.4, 0.5) is 0 Å². The summed E-state index contributed by atoms with van der Waals surface area (Å²) in [6, 6.07) is 0. The van der Waals surface area contributed by atoms with Crippen molar-refractivity contribution in [2.75, 3.05) is 7.05 Å². The fourth-order valence-electron chi connectivity index (χ4n) is 1.86. The van der Waals surface area contributed by atoms with E-state index in [2.05, 4.69) is 19.6 Å². The fraction of sp³-hybridized carbons (Fsp3) is 0.500. The van der Waals surface area contributed by atoms with Gasteiger partial charge in [0.1, 0.15) is 5.82 Å². The Balaban J connectivity index is 2.18. The zero-order valence-corrected chi connectivity index (χ0v) is 13.7. The molecule has 21 heavy (non-hydrogen) atoms. The topological polar surface area (TPSA) is 71.9 Å². The summed E-state index contributed by atoms with van der Waals surface area (Å²) in [7, 11) is 1.76. The lowest BCUT2D eigenvalue weighted by molar-refractivity contribution is 0.0784. The summed E-state index contributed by atoms with van der Waals surface area (Å²) in [5, 5.41) is 3.96. The van der Waals surface area contributed by atoms with Crippen LogP contribution in [0.2, 0.25) is 0 Å². The molecule has 0 aliphatic heterocycles. The number of carbonyl (C=O) groups excluding carboxylic acids is 1. The predicted molar refractivity (Wildman–Crippen MR) is 81.3 cm³/mol. The summed E-state index contributed by atoms with van der Waals surface area (Å²) < 4.78 is 3.88. The standard InChI is InChI=1S/C14H19N5OS/c1-8(2)13-15-6-11(9(3)16-13)14(20)19(5)7-12-10(4)17-18-21-12/h6,8H,7H2,1-5H3. The molecule has 0 aliphatic carbocycles. The maximum absolute atomic E-state index is 12.5. The highest BCUT2D eigenvalue weighted by Gasteiger charge is 2.18. The Hall–Kier alpha value is -1.89. The van der Waals surface area contributed by atoms with Gasteiger partial charge in [-0.2, -0.15) is 0 Å². The van der Waals surface area contributed by atoms with Crippen LogP contribution in [0.3, 0.4) is 0 Å². The lowest BCUT2D eigenvalue weighted by Crippen LogP contribution is -2.27. The molecule has 0 spiro atoms. The van der Waals surface area contributed by atoms with Crippen LogP contribution in [0.25, 0.3) is 0 Å². The van der Waals surface area contributed by atoms with E-state index in [1.807, 2.05) is 27.7 Å². The van der Waals surface area contributed by atoms with Gasteiger partial charge in [0.2, 0.25) is 0 Å². The van der Waals surface area contributed by atoms with E-state index in [4.69, 9.17) is 0 Å². The predicted octanol–water partition coefficient (Wildman–Crippen LogP) is 2.34. The Bertz CT molecular complexity index is 653. The van der Waals surface area contributed by atoms with Crippen LogP contribution >= 0.6 is 11.5 Å². The molecule has 0 saturated carbocycles. The molecule has 0 saturated heterocycles. The summed E-state index contributed by atoms with van der Waals surface area (Å²) in [5.74, 6) is 0.918. The van der Waals surface area contributed by atoms with Crippen molar-refractivity contribution in [2.24, 2.45) is 0 Å². The third-order valence-corrected chi connectivity index (χ3v) is 4.03. The van der Waals surface area contributed by atoms with E-state index in [1.54, 1.807) is 18.1 Å². The monoisotopic (exact) mass is 305 g/mol. The molecular formula is C14H19N5OS. The van der Waals surface area contributed by atoms with Crippen LogP contribution in [-0.2, 0) is 6.54 Å². The number of rotatable bonds is 4. The van der Waals surface area contributed by atoms with Crippen LogP contribution < -0.4 is 0 Å². The minimum atomic E-state index is -0.0874. The molecule has 2 rings (SSSR count). The normalized spacial score (nSPS) is 11.0. The van der Waals surface area contributed by atoms with E-state index in [9.17, 15) is 4.79 Å². The van der Waals surface area contributed by atoms with Crippen molar-refractivity contribution in [1.29, 1.82) is 0 Å². The number of hydrogen-bond acceptors (Lipinski definition) is 6. The number of hydrogen-bond donors (Lipinski definition) is 0. The van der Waals surface area contributed by atoms with Gasteiger partial charge in [-0.1, -0.05) is 18.3 Å². The van der Waals surface area contributed by atoms with E-state index >= 15 is 0 Å². The molecule has 0 bridgehead atoms. The first-order chi connectivity index (χ1) is 9.90. The largest absolute Gasteiger partial charge is 0.336 e. The Morgan fingerprint density at radius 2 is 2.05 bits per heavy atom. The number of nitrogens with zero attached hydrogens (tertiary/aromatic N) is 5. The first kappa shape index (κ1) is 15.5. The van der Waals surface area contributed by atoms with Crippen LogP contribution in [0, 0.1) is 13.8 Å². The lowest BCUT2D eigenvalue weighted by atomic mass is 10.1. The highest BCUT2D eigenvalue weighted by molar-refractivity contribution is 7.05. The van der Waals surface area contributed by atoms with Gasteiger partial charge in [0.05, 0.1) is 28.4 Å². The van der Waals surface area contributed by atoms with Gasteiger partial charge < -0.3 is 4.90 Å². The molecule has 0 unspecified atom stereocenters. The molecular weight excluding hydrogens is 286 g/mol. The van der Waals surface area contributed by atoms with Gasteiger partial charge in [-0.15, -0.1) is 5.10 Å². The number of carbonyl (C=O) groups is 1. The molecule has 0 aromatic carbocycles. The molecule has 0 atom stereocenters. The number of aromatic nitrogens is 4. The van der Waals surface area contributed by atoms with Crippen molar-refractivity contribution < 1.29 is 4.79 Å². The summed E-state index contributed by atoms with van der Waals surface area (Å²) >= 11 is 1.31. The second-order valence-corrected chi connectivity index (χ2v) is 6.16. The smallest absolute Gasteiger partial charge is 0.257 e. The molecule has 112 valence electrons. The van der Waals surface area contributed by atoms with Gasteiger partial charge >= 0.3 is 0 Å². The molecule has 7 heteroatoms. The van der Waals surface area contributed by atoms with Crippen LogP contribution in [0.15, 0.2) is 6.20 Å². The first-order valence-corrected chi connectivity index (χ1v) is 7.54. The minimum Gasteiger partial charge on any atom is -0.336 e. The summed E-state index contributed by atoms with van der Waals surface area (Å²) in [5.41, 5.74) is 2.12. The molecule has 2 aromatic heterocycles. The zero-order chi connectivity index (χ0) is 15.6. The van der Waals surface area contributed by atoms with E-state index < -0.39 is 0 Å². The van der Waals surface area contributed by atoms with Gasteiger partial charge in [0.25, 0.3) is 5.91 Å². The number of aryl methyl sites for hydroxylation is 2. The van der Waals surface area contributed by atoms with E-state index in [0.717, 1.165) is 16.4 Å². The third-order valence-electron chi connectivity index (χ3n) is 3.22. The van der Waals surface area contributed by atoms with Crippen molar-refractivity contribution in [3.05, 3.63) is 33.8 Å². The van der Waals surface area contributed by atoms with Crippen molar-refractivity contribution in [2.45, 2.75) is 40.2 Å². The van der Waals surface area contributed by atoms with Crippen LogP contribution in [0.5, 0.6) is 0 Å². The molecule has 0 N–H and O–H groups in total. The average molecular weight is 305 g/mol. The van der Waals surface area contributed by atoms with E-state index in [0.29, 0.717) is 17.8 Å². The second-order valence-electron chi connectivity index (χ2n) is 5.32. The van der Waals surface area contributed by atoms with Crippen molar-refractivity contribution in [3.8, 4) is 0 Å². The molecule has 2 heterocycles. The zero-order valence-electron chi connectivity index (χ0n) is 12.9. The maximum atomic E-state index is 12.5. The van der Waals surface area contributed by atoms with Gasteiger partial charge in [0, 0.05) is 19.2 Å². The van der Waals surface area contributed by atoms with Gasteiger partial charge in [-0.25, -0.2) is 9.97 Å². The summed E-state index contributed by atoms with van der Waals surface area (Å²) in [4.78, 5) is 23.8. The van der Waals surface area contributed by atoms with Gasteiger partial charge in [0.15, 0.2) is 0 Å². The van der Waals surface area contributed by atoms with E-state index in [1.165, 1.54) is 11.5 Å². The molecule has 1 amide bonds. The van der Waals surface area contributed by atoms with Gasteiger partial charge in [-0.3, -0.25) is 4.79 Å². The Morgan fingerprint density at radius 1 is 1.33 bits per heavy atom. The van der Waals surface area contributed by atoms with Crippen molar-refractivity contribution in [1.82, 2.24) is 24.5 Å². The highest BCUT2D eigenvalue weighted by Crippen LogP contribution is 2.16. The maximum Gasteiger partial charge on any atom is 0.257 e. The minimum absolute atomic E-state index is 0.0874. The molecule has 0 aliphatic rings. The molecule has 0 fully saturated rings. The Morgan fingerprint density at radius 3 is 2.57 bits per heavy atom. The average Bonchev–Trinajstić information content (AvgIpc) is 2.83. The summed E-state index contributed by atoms with van der Waals surface area (Å²) in [6.45, 7) is 8.29. The Labute approximate surface area is 128 Å². The second kappa shape index (κ2) is 6.26. The third kappa shape index (κ3) is 3.41. The summed E-state index contributed by atoms with van der Waals surface area (Å²) in [6.07, 6.45) is 1.62. The van der Waals surface area contributed by atoms with Crippen LogP contribution in [-0.4, -0.2) is 37.4 Å². The number of amides is 1. The van der Waals surface area contributed by atoms with Crippen LogP contribution in [0.1, 0.15) is 52.2 Å². The molecule has 2 aromatic rings. The Kier molecular flexibility index (Phi) is 4.62. The van der Waals surface area contributed by atoms with Crippen molar-refractivity contribution >= 4 is 17.4 Å². The van der Waals surface area contributed by atoms with Gasteiger partial charge in [-0.05, 0) is 25.4 Å². The SMILES string of the molecule is Cc1nc(C(C)C)ncc1C(=O)N(C)Cc1snnc1C.